The summed E-state index contributed by atoms with van der Waals surface area (Å²) >= 11 is 1.07. The molecule has 0 fully saturated rings. The highest BCUT2D eigenvalue weighted by molar-refractivity contribution is 7.12. The fraction of sp³-hybridized carbons (Fsp3) is 0.0833. The number of hydrogen-bond donors (Lipinski definition) is 1. The van der Waals surface area contributed by atoms with Gasteiger partial charge in [-0.1, -0.05) is 12.1 Å². The molecule has 0 bridgehead atoms. The number of non-ortho nitro benzene ring substituents is 1. The molecule has 2 aromatic rings. The number of nitrogens with zero attached hydrogens (tertiary/aromatic N) is 1. The molecule has 0 unspecified atom stereocenters. The summed E-state index contributed by atoms with van der Waals surface area (Å²) < 4.78 is 5.37. The first-order valence-electron chi connectivity index (χ1n) is 5.25. The molecular weight excluding hydrogens is 270 g/mol. The van der Waals surface area contributed by atoms with Gasteiger partial charge < -0.3 is 9.84 Å². The van der Waals surface area contributed by atoms with Crippen LogP contribution >= 0.6 is 11.3 Å². The van der Waals surface area contributed by atoms with Crippen molar-refractivity contribution in [3.8, 4) is 5.75 Å². The number of carboxylic acid groups (broad SMARTS) is 1. The first-order valence-corrected chi connectivity index (χ1v) is 6.13. The summed E-state index contributed by atoms with van der Waals surface area (Å²) in [5.74, 6) is -0.784. The van der Waals surface area contributed by atoms with Gasteiger partial charge in [0, 0.05) is 12.1 Å². The minimum atomic E-state index is -1.05. The van der Waals surface area contributed by atoms with Crippen molar-refractivity contribution in [1.29, 1.82) is 0 Å². The van der Waals surface area contributed by atoms with Gasteiger partial charge in [-0.05, 0) is 17.0 Å². The van der Waals surface area contributed by atoms with E-state index in [4.69, 9.17) is 9.84 Å². The number of ether oxygens (including phenoxy) is 1. The van der Waals surface area contributed by atoms with E-state index in [2.05, 4.69) is 0 Å². The van der Waals surface area contributed by atoms with E-state index in [-0.39, 0.29) is 22.9 Å². The maximum absolute atomic E-state index is 10.9. The van der Waals surface area contributed by atoms with Crippen LogP contribution in [-0.4, -0.2) is 16.0 Å². The maximum atomic E-state index is 10.9. The number of rotatable bonds is 5. The molecule has 1 N–H and O–H groups in total. The second-order valence-corrected chi connectivity index (χ2v) is 4.55. The second kappa shape index (κ2) is 5.49. The van der Waals surface area contributed by atoms with Crippen LogP contribution in [0.5, 0.6) is 5.75 Å². The average molecular weight is 279 g/mol. The van der Waals surface area contributed by atoms with E-state index in [1.54, 1.807) is 23.6 Å². The maximum Gasteiger partial charge on any atom is 0.349 e. The predicted molar refractivity (Wildman–Crippen MR) is 68.7 cm³/mol. The fourth-order valence-electron chi connectivity index (χ4n) is 1.49. The van der Waals surface area contributed by atoms with Crippen LogP contribution in [0.1, 0.15) is 15.2 Å². The normalized spacial score (nSPS) is 10.1. The molecule has 1 heterocycles. The van der Waals surface area contributed by atoms with Crippen LogP contribution < -0.4 is 4.74 Å². The van der Waals surface area contributed by atoms with Gasteiger partial charge in [-0.15, -0.1) is 11.3 Å². The van der Waals surface area contributed by atoms with Crippen LogP contribution in [0.2, 0.25) is 0 Å². The van der Waals surface area contributed by atoms with Crippen molar-refractivity contribution >= 4 is 23.0 Å². The lowest BCUT2D eigenvalue weighted by atomic mass is 10.2. The summed E-state index contributed by atoms with van der Waals surface area (Å²) in [5, 5.41) is 21.1. The molecule has 0 radical (unpaired) electrons. The van der Waals surface area contributed by atoms with Crippen molar-refractivity contribution < 1.29 is 19.6 Å². The van der Waals surface area contributed by atoms with Gasteiger partial charge in [0.1, 0.15) is 12.4 Å². The molecule has 2 rings (SSSR count). The van der Waals surface area contributed by atoms with E-state index in [0.717, 1.165) is 11.3 Å². The number of aromatic carboxylic acids is 1. The zero-order valence-electron chi connectivity index (χ0n) is 9.61. The standard InChI is InChI=1S/C12H9NO5S/c14-12(15)11-10(4-5-19-11)18-7-8-2-1-3-9(6-8)13(16)17/h1-6H,7H2,(H,14,15). The van der Waals surface area contributed by atoms with Gasteiger partial charge in [-0.2, -0.15) is 0 Å². The third kappa shape index (κ3) is 3.08. The summed E-state index contributed by atoms with van der Waals surface area (Å²) in [5.41, 5.74) is 0.585. The monoisotopic (exact) mass is 279 g/mol. The smallest absolute Gasteiger partial charge is 0.349 e. The van der Waals surface area contributed by atoms with Crippen molar-refractivity contribution in [1.82, 2.24) is 0 Å². The first kappa shape index (κ1) is 13.0. The molecule has 0 saturated carbocycles. The van der Waals surface area contributed by atoms with Crippen molar-refractivity contribution in [3.05, 3.63) is 56.3 Å². The number of nitro groups is 1. The lowest BCUT2D eigenvalue weighted by Gasteiger charge is -2.05. The van der Waals surface area contributed by atoms with Gasteiger partial charge in [-0.3, -0.25) is 10.1 Å². The van der Waals surface area contributed by atoms with Gasteiger partial charge in [0.05, 0.1) is 4.92 Å². The van der Waals surface area contributed by atoms with Crippen LogP contribution in [0.3, 0.4) is 0 Å². The summed E-state index contributed by atoms with van der Waals surface area (Å²) in [4.78, 5) is 21.1. The van der Waals surface area contributed by atoms with Gasteiger partial charge in [-0.25, -0.2) is 4.79 Å². The molecule has 98 valence electrons. The van der Waals surface area contributed by atoms with E-state index >= 15 is 0 Å². The Balaban J connectivity index is 2.10. The molecule has 19 heavy (non-hydrogen) atoms. The van der Waals surface area contributed by atoms with Crippen LogP contribution in [0, 0.1) is 10.1 Å². The Morgan fingerprint density at radius 3 is 2.89 bits per heavy atom. The van der Waals surface area contributed by atoms with Gasteiger partial charge >= 0.3 is 5.97 Å². The van der Waals surface area contributed by atoms with E-state index in [1.165, 1.54) is 12.1 Å². The Kier molecular flexibility index (Phi) is 3.76. The molecular formula is C12H9NO5S. The summed E-state index contributed by atoms with van der Waals surface area (Å²) in [6, 6.07) is 7.58. The molecule has 0 aliphatic heterocycles. The molecule has 1 aromatic heterocycles. The van der Waals surface area contributed by atoms with Crippen LogP contribution in [0.15, 0.2) is 35.7 Å². The van der Waals surface area contributed by atoms with Crippen molar-refractivity contribution in [2.45, 2.75) is 6.61 Å². The fourth-order valence-corrected chi connectivity index (χ4v) is 2.16. The van der Waals surface area contributed by atoms with Crippen LogP contribution in [0.4, 0.5) is 5.69 Å². The van der Waals surface area contributed by atoms with Gasteiger partial charge in [0.2, 0.25) is 0 Å². The highest BCUT2D eigenvalue weighted by atomic mass is 32.1. The Bertz CT molecular complexity index is 622. The third-order valence-electron chi connectivity index (χ3n) is 2.34. The second-order valence-electron chi connectivity index (χ2n) is 3.63. The molecule has 7 heteroatoms. The largest absolute Gasteiger partial charge is 0.487 e. The zero-order valence-corrected chi connectivity index (χ0v) is 10.4. The Labute approximate surface area is 112 Å². The zero-order chi connectivity index (χ0) is 13.8. The van der Waals surface area contributed by atoms with Crippen molar-refractivity contribution in [2.75, 3.05) is 0 Å². The molecule has 0 saturated heterocycles. The number of benzene rings is 1. The predicted octanol–water partition coefficient (Wildman–Crippen LogP) is 2.93. The SMILES string of the molecule is O=C(O)c1sccc1OCc1cccc([N+](=O)[O-])c1. The van der Waals surface area contributed by atoms with Crippen LogP contribution in [0.25, 0.3) is 0 Å². The minimum Gasteiger partial charge on any atom is -0.487 e. The number of carboxylic acids is 1. The molecule has 1 aromatic carbocycles. The molecule has 0 atom stereocenters. The lowest BCUT2D eigenvalue weighted by Crippen LogP contribution is -2.00. The number of carbonyl (C=O) groups is 1. The minimum absolute atomic E-state index is 0.0233. The van der Waals surface area contributed by atoms with Gasteiger partial charge in [0.25, 0.3) is 5.69 Å². The Morgan fingerprint density at radius 2 is 2.21 bits per heavy atom. The highest BCUT2D eigenvalue weighted by Crippen LogP contribution is 2.25. The summed E-state index contributed by atoms with van der Waals surface area (Å²) in [6.45, 7) is 0.0820. The number of nitro benzene ring substituents is 1. The molecule has 6 nitrogen and oxygen atoms in total. The number of thiophene rings is 1. The Morgan fingerprint density at radius 1 is 1.42 bits per heavy atom. The Hall–Kier alpha value is -2.41. The van der Waals surface area contributed by atoms with Crippen molar-refractivity contribution in [3.63, 3.8) is 0 Å². The average Bonchev–Trinajstić information content (AvgIpc) is 2.85. The quantitative estimate of drug-likeness (QED) is 0.671. The van der Waals surface area contributed by atoms with E-state index in [0.29, 0.717) is 5.56 Å². The molecule has 0 aliphatic rings. The third-order valence-corrected chi connectivity index (χ3v) is 3.22. The van der Waals surface area contributed by atoms with E-state index in [1.807, 2.05) is 0 Å². The van der Waals surface area contributed by atoms with Crippen molar-refractivity contribution in [2.24, 2.45) is 0 Å². The summed E-state index contributed by atoms with van der Waals surface area (Å²) in [7, 11) is 0. The highest BCUT2D eigenvalue weighted by Gasteiger charge is 2.13. The molecule has 0 aliphatic carbocycles. The number of hydrogen-bond acceptors (Lipinski definition) is 5. The summed E-state index contributed by atoms with van der Waals surface area (Å²) in [6.07, 6.45) is 0. The molecule has 0 amide bonds. The van der Waals surface area contributed by atoms with E-state index in [9.17, 15) is 14.9 Å². The topological polar surface area (TPSA) is 89.7 Å². The van der Waals surface area contributed by atoms with Gasteiger partial charge in [0.15, 0.2) is 4.88 Å². The first-order chi connectivity index (χ1) is 9.08. The lowest BCUT2D eigenvalue weighted by molar-refractivity contribution is -0.384. The van der Waals surface area contributed by atoms with Crippen LogP contribution in [-0.2, 0) is 6.61 Å². The molecule has 0 spiro atoms. The van der Waals surface area contributed by atoms with E-state index < -0.39 is 10.9 Å².